The van der Waals surface area contributed by atoms with Gasteiger partial charge in [-0.25, -0.2) is 0 Å². The fourth-order valence-corrected chi connectivity index (χ4v) is 1.92. The van der Waals surface area contributed by atoms with Crippen LogP contribution in [0.4, 0.5) is 0 Å². The van der Waals surface area contributed by atoms with Crippen molar-refractivity contribution in [3.05, 3.63) is 58.6 Å². The molecule has 2 rings (SSSR count). The Morgan fingerprint density at radius 2 is 2.00 bits per heavy atom. The standard InChI is InChI=1S/C15H13ClO3/c1-18-10-11-4-2-5-12(8-11)19-15-7-3-6-14(16)13(15)9-17/h2-9H,10H2,1H3. The number of hydrogen-bond donors (Lipinski definition) is 0. The van der Waals surface area contributed by atoms with Crippen molar-refractivity contribution in [1.82, 2.24) is 0 Å². The van der Waals surface area contributed by atoms with E-state index in [-0.39, 0.29) is 0 Å². The van der Waals surface area contributed by atoms with Gasteiger partial charge < -0.3 is 9.47 Å². The molecule has 19 heavy (non-hydrogen) atoms. The molecule has 0 saturated carbocycles. The van der Waals surface area contributed by atoms with Crippen molar-refractivity contribution in [2.24, 2.45) is 0 Å². The number of carbonyl (C=O) groups is 1. The molecule has 0 atom stereocenters. The van der Waals surface area contributed by atoms with Crippen LogP contribution in [0.5, 0.6) is 11.5 Å². The van der Waals surface area contributed by atoms with Gasteiger partial charge in [-0.1, -0.05) is 29.8 Å². The zero-order chi connectivity index (χ0) is 13.7. The maximum Gasteiger partial charge on any atom is 0.155 e. The molecular weight excluding hydrogens is 264 g/mol. The summed E-state index contributed by atoms with van der Waals surface area (Å²) in [5, 5.41) is 0.376. The highest BCUT2D eigenvalue weighted by Gasteiger charge is 2.08. The largest absolute Gasteiger partial charge is 0.457 e. The van der Waals surface area contributed by atoms with Gasteiger partial charge in [0.1, 0.15) is 11.5 Å². The highest BCUT2D eigenvalue weighted by Crippen LogP contribution is 2.29. The molecule has 0 bridgehead atoms. The van der Waals surface area contributed by atoms with Crippen LogP contribution in [0.15, 0.2) is 42.5 Å². The van der Waals surface area contributed by atoms with Crippen molar-refractivity contribution in [3.8, 4) is 11.5 Å². The lowest BCUT2D eigenvalue weighted by atomic mass is 10.2. The molecule has 0 heterocycles. The predicted molar refractivity (Wildman–Crippen MR) is 74.1 cm³/mol. The van der Waals surface area contributed by atoms with Gasteiger partial charge in [0.25, 0.3) is 0 Å². The Bertz CT molecular complexity index is 581. The van der Waals surface area contributed by atoms with Crippen LogP contribution in [0.25, 0.3) is 0 Å². The third-order valence-corrected chi connectivity index (χ3v) is 2.90. The number of carbonyl (C=O) groups excluding carboxylic acids is 1. The fraction of sp³-hybridized carbons (Fsp3) is 0.133. The molecule has 98 valence electrons. The van der Waals surface area contributed by atoms with Crippen LogP contribution in [-0.2, 0) is 11.3 Å². The predicted octanol–water partition coefficient (Wildman–Crippen LogP) is 4.09. The minimum absolute atomic E-state index is 0.348. The average molecular weight is 277 g/mol. The third-order valence-electron chi connectivity index (χ3n) is 2.57. The van der Waals surface area contributed by atoms with Crippen LogP contribution >= 0.6 is 11.6 Å². The van der Waals surface area contributed by atoms with E-state index in [4.69, 9.17) is 21.1 Å². The smallest absolute Gasteiger partial charge is 0.155 e. The van der Waals surface area contributed by atoms with Crippen LogP contribution in [0, 0.1) is 0 Å². The van der Waals surface area contributed by atoms with Crippen molar-refractivity contribution in [2.45, 2.75) is 6.61 Å². The quantitative estimate of drug-likeness (QED) is 0.772. The molecule has 4 heteroatoms. The molecular formula is C15H13ClO3. The van der Waals surface area contributed by atoms with Crippen molar-refractivity contribution >= 4 is 17.9 Å². The van der Waals surface area contributed by atoms with Gasteiger partial charge >= 0.3 is 0 Å². The first kappa shape index (κ1) is 13.6. The molecule has 0 aliphatic rings. The first-order chi connectivity index (χ1) is 9.24. The maximum absolute atomic E-state index is 11.0. The van der Waals surface area contributed by atoms with Crippen LogP contribution in [0.1, 0.15) is 15.9 Å². The summed E-state index contributed by atoms with van der Waals surface area (Å²) in [6.07, 6.45) is 0.691. The number of methoxy groups -OCH3 is 1. The molecule has 2 aromatic rings. The molecule has 0 aliphatic heterocycles. The summed E-state index contributed by atoms with van der Waals surface area (Å²) >= 11 is 5.95. The van der Waals surface area contributed by atoms with Gasteiger partial charge in [-0.05, 0) is 29.8 Å². The Kier molecular flexibility index (Phi) is 4.55. The number of ether oxygens (including phenoxy) is 2. The number of aldehydes is 1. The van der Waals surface area contributed by atoms with Gasteiger partial charge in [-0.2, -0.15) is 0 Å². The second-order valence-electron chi connectivity index (χ2n) is 3.95. The summed E-state index contributed by atoms with van der Waals surface area (Å²) in [5.74, 6) is 1.08. The Balaban J connectivity index is 2.28. The summed E-state index contributed by atoms with van der Waals surface area (Å²) in [7, 11) is 1.63. The molecule has 0 saturated heterocycles. The lowest BCUT2D eigenvalue weighted by Crippen LogP contribution is -1.93. The molecule has 0 radical (unpaired) electrons. The van der Waals surface area contributed by atoms with Crippen LogP contribution in [0.3, 0.4) is 0 Å². The molecule has 0 amide bonds. The summed E-state index contributed by atoms with van der Waals surface area (Å²) in [6, 6.07) is 12.6. The summed E-state index contributed by atoms with van der Waals surface area (Å²) in [5.41, 5.74) is 1.34. The van der Waals surface area contributed by atoms with Gasteiger partial charge in [0.2, 0.25) is 0 Å². The lowest BCUT2D eigenvalue weighted by Gasteiger charge is -2.10. The van der Waals surface area contributed by atoms with E-state index in [2.05, 4.69) is 0 Å². The van der Waals surface area contributed by atoms with Crippen LogP contribution in [0.2, 0.25) is 5.02 Å². The molecule has 0 aliphatic carbocycles. The molecule has 0 fully saturated rings. The molecule has 2 aromatic carbocycles. The van der Waals surface area contributed by atoms with Gasteiger partial charge in [-0.3, -0.25) is 4.79 Å². The van der Waals surface area contributed by atoms with Gasteiger partial charge in [0.05, 0.1) is 17.2 Å². The number of benzene rings is 2. The lowest BCUT2D eigenvalue weighted by molar-refractivity contribution is 0.112. The van der Waals surface area contributed by atoms with E-state index in [0.29, 0.717) is 35.0 Å². The normalized spacial score (nSPS) is 10.2. The number of rotatable bonds is 5. The molecule has 0 aromatic heterocycles. The minimum Gasteiger partial charge on any atom is -0.457 e. The Morgan fingerprint density at radius 1 is 1.21 bits per heavy atom. The Hall–Kier alpha value is -1.84. The SMILES string of the molecule is COCc1cccc(Oc2cccc(Cl)c2C=O)c1. The third kappa shape index (κ3) is 3.34. The Morgan fingerprint density at radius 3 is 2.74 bits per heavy atom. The number of halogens is 1. The first-order valence-corrected chi connectivity index (χ1v) is 6.12. The van der Waals surface area contributed by atoms with Crippen LogP contribution in [-0.4, -0.2) is 13.4 Å². The molecule has 0 N–H and O–H groups in total. The topological polar surface area (TPSA) is 35.5 Å². The van der Waals surface area contributed by atoms with Crippen LogP contribution < -0.4 is 4.74 Å². The minimum atomic E-state index is 0.348. The maximum atomic E-state index is 11.0. The highest BCUT2D eigenvalue weighted by molar-refractivity contribution is 6.33. The van der Waals surface area contributed by atoms with Gasteiger partial charge in [0.15, 0.2) is 6.29 Å². The summed E-state index contributed by atoms with van der Waals surface area (Å²) in [6.45, 7) is 0.507. The van der Waals surface area contributed by atoms with Crippen molar-refractivity contribution in [2.75, 3.05) is 7.11 Å². The Labute approximate surface area is 116 Å². The molecule has 0 spiro atoms. The van der Waals surface area contributed by atoms with E-state index in [1.165, 1.54) is 0 Å². The summed E-state index contributed by atoms with van der Waals surface area (Å²) < 4.78 is 10.8. The summed E-state index contributed by atoms with van der Waals surface area (Å²) in [4.78, 5) is 11.0. The average Bonchev–Trinajstić information content (AvgIpc) is 2.40. The molecule has 0 unspecified atom stereocenters. The second kappa shape index (κ2) is 6.36. The van der Waals surface area contributed by atoms with E-state index in [0.717, 1.165) is 5.56 Å². The van der Waals surface area contributed by atoms with Gasteiger partial charge in [0, 0.05) is 7.11 Å². The monoisotopic (exact) mass is 276 g/mol. The molecule has 3 nitrogen and oxygen atoms in total. The van der Waals surface area contributed by atoms with E-state index in [9.17, 15) is 4.79 Å². The number of hydrogen-bond acceptors (Lipinski definition) is 3. The second-order valence-corrected chi connectivity index (χ2v) is 4.36. The van der Waals surface area contributed by atoms with Crippen molar-refractivity contribution < 1.29 is 14.3 Å². The highest BCUT2D eigenvalue weighted by atomic mass is 35.5. The zero-order valence-electron chi connectivity index (χ0n) is 10.4. The van der Waals surface area contributed by atoms with Crippen molar-refractivity contribution in [3.63, 3.8) is 0 Å². The van der Waals surface area contributed by atoms with Crippen molar-refractivity contribution in [1.29, 1.82) is 0 Å². The van der Waals surface area contributed by atoms with E-state index >= 15 is 0 Å². The van der Waals surface area contributed by atoms with Gasteiger partial charge in [-0.15, -0.1) is 0 Å². The fourth-order valence-electron chi connectivity index (χ4n) is 1.71. The zero-order valence-corrected chi connectivity index (χ0v) is 11.2. The van der Waals surface area contributed by atoms with E-state index in [1.54, 1.807) is 25.3 Å². The first-order valence-electron chi connectivity index (χ1n) is 5.74. The van der Waals surface area contributed by atoms with E-state index in [1.807, 2.05) is 24.3 Å². The van der Waals surface area contributed by atoms with E-state index < -0.39 is 0 Å².